The molecule has 0 aliphatic carbocycles. The molecule has 5 heteroatoms. The van der Waals surface area contributed by atoms with Crippen molar-refractivity contribution in [3.8, 4) is 9.88 Å². The van der Waals surface area contributed by atoms with Crippen LogP contribution in [0.2, 0.25) is 0 Å². The van der Waals surface area contributed by atoms with Crippen molar-refractivity contribution in [3.05, 3.63) is 34.7 Å². The second kappa shape index (κ2) is 5.58. The lowest BCUT2D eigenvalue weighted by molar-refractivity contribution is 0.748. The summed E-state index contributed by atoms with van der Waals surface area (Å²) in [5, 5.41) is 1.08. The zero-order valence-electron chi connectivity index (χ0n) is 13.3. The van der Waals surface area contributed by atoms with Crippen molar-refractivity contribution in [1.29, 1.82) is 0 Å². The Morgan fingerprint density at radius 3 is 2.61 bits per heavy atom. The minimum atomic E-state index is 0.646. The van der Waals surface area contributed by atoms with Gasteiger partial charge in [-0.15, -0.1) is 34.0 Å². The molecule has 3 aromatic heterocycles. The molecule has 1 atom stereocenters. The first-order valence-electron chi connectivity index (χ1n) is 7.76. The molecule has 0 saturated carbocycles. The van der Waals surface area contributed by atoms with Gasteiger partial charge < -0.3 is 5.73 Å². The first-order valence-corrected chi connectivity index (χ1v) is 10.2. The zero-order chi connectivity index (χ0) is 16.1. The fourth-order valence-corrected chi connectivity index (χ4v) is 6.32. The van der Waals surface area contributed by atoms with Crippen LogP contribution in [0.4, 0.5) is 5.69 Å². The molecular formula is C18H18N2S3. The predicted octanol–water partition coefficient (Wildman–Crippen LogP) is 6.64. The van der Waals surface area contributed by atoms with Crippen molar-refractivity contribution >= 4 is 59.3 Å². The van der Waals surface area contributed by atoms with Crippen molar-refractivity contribution in [2.75, 3.05) is 5.73 Å². The molecule has 118 valence electrons. The normalized spacial score (nSPS) is 13.2. The minimum absolute atomic E-state index is 0.646. The molecule has 4 rings (SSSR count). The molecule has 0 saturated heterocycles. The largest absolute Gasteiger partial charge is 0.397 e. The predicted molar refractivity (Wildman–Crippen MR) is 106 cm³/mol. The Morgan fingerprint density at radius 2 is 1.91 bits per heavy atom. The fraction of sp³-hybridized carbons (Fsp3) is 0.278. The number of benzene rings is 1. The number of rotatable bonds is 3. The second-order valence-corrected chi connectivity index (χ2v) is 9.16. The van der Waals surface area contributed by atoms with E-state index in [4.69, 9.17) is 10.7 Å². The maximum Gasteiger partial charge on any atom is 0.134 e. The quantitative estimate of drug-likeness (QED) is 0.417. The molecule has 0 spiro atoms. The van der Waals surface area contributed by atoms with Crippen LogP contribution in [-0.2, 0) is 0 Å². The van der Waals surface area contributed by atoms with Crippen LogP contribution in [0.1, 0.15) is 36.6 Å². The molecule has 1 aromatic carbocycles. The van der Waals surface area contributed by atoms with Gasteiger partial charge in [0.15, 0.2) is 0 Å². The van der Waals surface area contributed by atoms with E-state index in [-0.39, 0.29) is 0 Å². The molecular weight excluding hydrogens is 340 g/mol. The van der Waals surface area contributed by atoms with E-state index >= 15 is 0 Å². The molecule has 0 amide bonds. The highest BCUT2D eigenvalue weighted by molar-refractivity contribution is 7.32. The Morgan fingerprint density at radius 1 is 1.13 bits per heavy atom. The highest BCUT2D eigenvalue weighted by Gasteiger charge is 2.15. The van der Waals surface area contributed by atoms with Gasteiger partial charge in [-0.05, 0) is 43.0 Å². The van der Waals surface area contributed by atoms with Gasteiger partial charge in [-0.2, -0.15) is 0 Å². The third-order valence-electron chi connectivity index (χ3n) is 4.31. The number of aryl methyl sites for hydroxylation is 1. The Hall–Kier alpha value is -1.43. The number of thiophene rings is 2. The Bertz CT molecular complexity index is 936. The third kappa shape index (κ3) is 2.47. The van der Waals surface area contributed by atoms with E-state index in [2.05, 4.69) is 39.0 Å². The first kappa shape index (κ1) is 15.1. The number of nitrogens with zero attached hydrogens (tertiary/aromatic N) is 1. The van der Waals surface area contributed by atoms with Gasteiger partial charge in [0.2, 0.25) is 0 Å². The summed E-state index contributed by atoms with van der Waals surface area (Å²) in [5.41, 5.74) is 9.05. The van der Waals surface area contributed by atoms with Crippen molar-refractivity contribution < 1.29 is 0 Å². The van der Waals surface area contributed by atoms with E-state index in [0.717, 1.165) is 16.2 Å². The Kier molecular flexibility index (Phi) is 3.67. The van der Waals surface area contributed by atoms with Gasteiger partial charge in [0.05, 0.1) is 15.3 Å². The van der Waals surface area contributed by atoms with Crippen LogP contribution in [0.25, 0.3) is 29.5 Å². The highest BCUT2D eigenvalue weighted by Crippen LogP contribution is 2.43. The summed E-state index contributed by atoms with van der Waals surface area (Å²) in [7, 11) is 0. The van der Waals surface area contributed by atoms with Gasteiger partial charge in [-0.25, -0.2) is 4.98 Å². The van der Waals surface area contributed by atoms with Gasteiger partial charge in [0.1, 0.15) is 10.5 Å². The van der Waals surface area contributed by atoms with E-state index in [1.165, 1.54) is 35.8 Å². The summed E-state index contributed by atoms with van der Waals surface area (Å²) in [6, 6.07) is 8.67. The number of thiazole rings is 1. The molecule has 3 heterocycles. The molecule has 0 aliphatic heterocycles. The number of aromatic nitrogens is 1. The number of nitrogen functional groups attached to an aromatic ring is 1. The SMILES string of the molecule is CCC(C)c1cc2sc(-c3nc4c(N)ccc(C)c4s3)cc2s1. The third-order valence-corrected chi connectivity index (χ3v) is 8.19. The molecule has 0 aliphatic rings. The lowest BCUT2D eigenvalue weighted by Crippen LogP contribution is -1.86. The Labute approximate surface area is 147 Å². The van der Waals surface area contributed by atoms with Crippen LogP contribution in [0.5, 0.6) is 0 Å². The number of fused-ring (bicyclic) bond motifs is 2. The van der Waals surface area contributed by atoms with E-state index in [9.17, 15) is 0 Å². The summed E-state index contributed by atoms with van der Waals surface area (Å²) >= 11 is 5.51. The standard InChI is InChI=1S/C18H18N2S3/c1-4-9(2)12-7-13-14(21-12)8-15(22-13)18-20-16-11(19)6-5-10(3)17(16)23-18/h5-9H,4,19H2,1-3H3. The van der Waals surface area contributed by atoms with Gasteiger partial charge in [-0.3, -0.25) is 0 Å². The van der Waals surface area contributed by atoms with E-state index in [1.54, 1.807) is 11.3 Å². The van der Waals surface area contributed by atoms with Crippen molar-refractivity contribution in [1.82, 2.24) is 4.98 Å². The van der Waals surface area contributed by atoms with E-state index in [1.807, 2.05) is 28.7 Å². The number of hydrogen-bond donors (Lipinski definition) is 1. The Balaban J connectivity index is 1.81. The number of anilines is 1. The van der Waals surface area contributed by atoms with Crippen LogP contribution in [0.3, 0.4) is 0 Å². The minimum Gasteiger partial charge on any atom is -0.397 e. The lowest BCUT2D eigenvalue weighted by Gasteiger charge is -2.02. The van der Waals surface area contributed by atoms with Crippen LogP contribution in [0, 0.1) is 6.92 Å². The summed E-state index contributed by atoms with van der Waals surface area (Å²) in [4.78, 5) is 7.54. The summed E-state index contributed by atoms with van der Waals surface area (Å²) in [5.74, 6) is 0.646. The van der Waals surface area contributed by atoms with Gasteiger partial charge in [0, 0.05) is 14.3 Å². The molecule has 2 N–H and O–H groups in total. The maximum atomic E-state index is 6.09. The summed E-state index contributed by atoms with van der Waals surface area (Å²) in [6.07, 6.45) is 1.19. The molecule has 23 heavy (non-hydrogen) atoms. The van der Waals surface area contributed by atoms with E-state index in [0.29, 0.717) is 5.92 Å². The average Bonchev–Trinajstić information content (AvgIpc) is 3.21. The molecule has 4 aromatic rings. The van der Waals surface area contributed by atoms with Crippen LogP contribution in [0.15, 0.2) is 24.3 Å². The summed E-state index contributed by atoms with van der Waals surface area (Å²) < 4.78 is 3.96. The number of nitrogens with two attached hydrogens (primary N) is 1. The maximum absolute atomic E-state index is 6.09. The van der Waals surface area contributed by atoms with Gasteiger partial charge in [0.25, 0.3) is 0 Å². The molecule has 1 unspecified atom stereocenters. The summed E-state index contributed by atoms with van der Waals surface area (Å²) in [6.45, 7) is 6.67. The molecule has 0 radical (unpaired) electrons. The second-order valence-electron chi connectivity index (χ2n) is 5.97. The average molecular weight is 359 g/mol. The zero-order valence-corrected chi connectivity index (χ0v) is 15.8. The van der Waals surface area contributed by atoms with Crippen molar-refractivity contribution in [2.24, 2.45) is 0 Å². The van der Waals surface area contributed by atoms with Crippen molar-refractivity contribution in [2.45, 2.75) is 33.1 Å². The smallest absolute Gasteiger partial charge is 0.134 e. The molecule has 0 fully saturated rings. The van der Waals surface area contributed by atoms with Crippen LogP contribution < -0.4 is 5.73 Å². The number of hydrogen-bond acceptors (Lipinski definition) is 5. The highest BCUT2D eigenvalue weighted by atomic mass is 32.1. The van der Waals surface area contributed by atoms with Gasteiger partial charge >= 0.3 is 0 Å². The van der Waals surface area contributed by atoms with Crippen LogP contribution >= 0.6 is 34.0 Å². The van der Waals surface area contributed by atoms with Crippen LogP contribution in [-0.4, -0.2) is 4.98 Å². The fourth-order valence-electron chi connectivity index (χ4n) is 2.66. The van der Waals surface area contributed by atoms with Crippen molar-refractivity contribution in [3.63, 3.8) is 0 Å². The topological polar surface area (TPSA) is 38.9 Å². The first-order chi connectivity index (χ1) is 11.1. The monoisotopic (exact) mass is 358 g/mol. The molecule has 0 bridgehead atoms. The molecule has 2 nitrogen and oxygen atoms in total. The van der Waals surface area contributed by atoms with Gasteiger partial charge in [-0.1, -0.05) is 19.9 Å². The lowest BCUT2D eigenvalue weighted by atomic mass is 10.1. The van der Waals surface area contributed by atoms with E-state index < -0.39 is 0 Å².